The number of carbonyl (C=O) groups is 1. The number of ether oxygens (including phenoxy) is 3. The fourth-order valence-corrected chi connectivity index (χ4v) is 1.91. The van der Waals surface area contributed by atoms with E-state index in [2.05, 4.69) is 9.97 Å². The van der Waals surface area contributed by atoms with Crippen LogP contribution < -0.4 is 14.2 Å². The Balaban J connectivity index is 2.47. The summed E-state index contributed by atoms with van der Waals surface area (Å²) in [5, 5.41) is 9.65. The molecular weight excluding hydrogens is 312 g/mol. The summed E-state index contributed by atoms with van der Waals surface area (Å²) < 4.78 is 15.5. The van der Waals surface area contributed by atoms with Gasteiger partial charge in [0.05, 0.1) is 20.3 Å². The third-order valence-electron chi connectivity index (χ3n) is 2.85. The number of carboxylic acid groups (broad SMARTS) is 1. The first-order valence-corrected chi connectivity index (χ1v) is 6.51. The van der Waals surface area contributed by atoms with Crippen LogP contribution in [-0.4, -0.2) is 35.3 Å². The van der Waals surface area contributed by atoms with Gasteiger partial charge in [-0.25, -0.2) is 4.79 Å². The van der Waals surface area contributed by atoms with Gasteiger partial charge in [0.2, 0.25) is 11.8 Å². The number of benzene rings is 1. The number of aromatic nitrogens is 2. The van der Waals surface area contributed by atoms with Gasteiger partial charge in [-0.3, -0.25) is 0 Å². The highest BCUT2D eigenvalue weighted by Crippen LogP contribution is 2.31. The molecule has 0 saturated carbocycles. The summed E-state index contributed by atoms with van der Waals surface area (Å²) in [6.45, 7) is 1.59. The molecule has 0 amide bonds. The zero-order valence-electron chi connectivity index (χ0n) is 12.1. The maximum Gasteiger partial charge on any atom is 0.339 e. The lowest BCUT2D eigenvalue weighted by molar-refractivity contribution is 0.0693. The van der Waals surface area contributed by atoms with Crippen molar-refractivity contribution in [2.24, 2.45) is 0 Å². The number of halogens is 1. The minimum Gasteiger partial charge on any atom is -0.481 e. The van der Waals surface area contributed by atoms with Crippen LogP contribution in [0.3, 0.4) is 0 Å². The molecule has 1 aromatic carbocycles. The molecule has 0 fully saturated rings. The SMILES string of the molecule is COc1cc(OC)nc(Oc2ccc(Cl)c(C)c2C(=O)O)n1. The van der Waals surface area contributed by atoms with Gasteiger partial charge in [0, 0.05) is 5.02 Å². The van der Waals surface area contributed by atoms with E-state index in [-0.39, 0.29) is 29.1 Å². The molecule has 0 aliphatic carbocycles. The third kappa shape index (κ3) is 3.20. The molecule has 0 saturated heterocycles. The normalized spacial score (nSPS) is 10.2. The molecule has 0 aliphatic rings. The van der Waals surface area contributed by atoms with Crippen molar-refractivity contribution in [2.45, 2.75) is 6.92 Å². The van der Waals surface area contributed by atoms with Crippen molar-refractivity contribution < 1.29 is 24.1 Å². The number of hydrogen-bond donors (Lipinski definition) is 1. The van der Waals surface area contributed by atoms with Crippen LogP contribution >= 0.6 is 11.6 Å². The van der Waals surface area contributed by atoms with E-state index in [1.54, 1.807) is 6.92 Å². The first kappa shape index (κ1) is 15.8. The number of methoxy groups -OCH3 is 2. The lowest BCUT2D eigenvalue weighted by Gasteiger charge is -2.11. The van der Waals surface area contributed by atoms with Crippen LogP contribution in [0.4, 0.5) is 0 Å². The van der Waals surface area contributed by atoms with E-state index >= 15 is 0 Å². The van der Waals surface area contributed by atoms with Gasteiger partial charge in [-0.15, -0.1) is 0 Å². The Bertz CT molecular complexity index is 698. The van der Waals surface area contributed by atoms with E-state index in [0.717, 1.165) is 0 Å². The zero-order valence-corrected chi connectivity index (χ0v) is 12.8. The second-order valence-electron chi connectivity index (χ2n) is 4.19. The Kier molecular flexibility index (Phi) is 4.67. The lowest BCUT2D eigenvalue weighted by atomic mass is 10.1. The molecule has 2 aromatic rings. The minimum atomic E-state index is -1.16. The van der Waals surface area contributed by atoms with Crippen molar-refractivity contribution in [1.82, 2.24) is 9.97 Å². The molecular formula is C14H13ClN2O5. The van der Waals surface area contributed by atoms with Gasteiger partial charge in [0.25, 0.3) is 0 Å². The molecule has 0 spiro atoms. The zero-order chi connectivity index (χ0) is 16.3. The van der Waals surface area contributed by atoms with Gasteiger partial charge in [-0.05, 0) is 24.6 Å². The van der Waals surface area contributed by atoms with Crippen molar-refractivity contribution in [3.63, 3.8) is 0 Å². The van der Waals surface area contributed by atoms with E-state index in [0.29, 0.717) is 10.6 Å². The van der Waals surface area contributed by atoms with Crippen molar-refractivity contribution in [1.29, 1.82) is 0 Å². The topological polar surface area (TPSA) is 90.8 Å². The predicted molar refractivity (Wildman–Crippen MR) is 78.4 cm³/mol. The smallest absolute Gasteiger partial charge is 0.339 e. The molecule has 7 nitrogen and oxygen atoms in total. The van der Waals surface area contributed by atoms with E-state index in [4.69, 9.17) is 25.8 Å². The van der Waals surface area contributed by atoms with E-state index in [1.165, 1.54) is 32.4 Å². The van der Waals surface area contributed by atoms with Gasteiger partial charge < -0.3 is 19.3 Å². The fourth-order valence-electron chi connectivity index (χ4n) is 1.75. The number of nitrogens with zero attached hydrogens (tertiary/aromatic N) is 2. The summed E-state index contributed by atoms with van der Waals surface area (Å²) in [5.74, 6) is -0.636. The molecule has 0 unspecified atom stereocenters. The summed E-state index contributed by atoms with van der Waals surface area (Å²) in [6, 6.07) is 4.35. The largest absolute Gasteiger partial charge is 0.481 e. The highest BCUT2D eigenvalue weighted by Gasteiger charge is 2.19. The summed E-state index contributed by atoms with van der Waals surface area (Å²) in [5.41, 5.74) is 0.333. The molecule has 0 aliphatic heterocycles. The molecule has 0 bridgehead atoms. The molecule has 0 atom stereocenters. The third-order valence-corrected chi connectivity index (χ3v) is 3.26. The lowest BCUT2D eigenvalue weighted by Crippen LogP contribution is -2.05. The van der Waals surface area contributed by atoms with E-state index in [9.17, 15) is 9.90 Å². The summed E-state index contributed by atoms with van der Waals surface area (Å²) >= 11 is 5.94. The summed E-state index contributed by atoms with van der Waals surface area (Å²) in [6.07, 6.45) is 0. The van der Waals surface area contributed by atoms with Gasteiger partial charge in [0.1, 0.15) is 11.3 Å². The molecule has 8 heteroatoms. The number of hydrogen-bond acceptors (Lipinski definition) is 6. The molecule has 116 valence electrons. The van der Waals surface area contributed by atoms with Crippen LogP contribution in [0, 0.1) is 6.92 Å². The number of carboxylic acids is 1. The Morgan fingerprint density at radius 2 is 1.77 bits per heavy atom. The standard InChI is InChI=1S/C14H13ClN2O5/c1-7-8(15)4-5-9(12(7)13(18)19)22-14-16-10(20-2)6-11(17-14)21-3/h4-6H,1-3H3,(H,18,19). The van der Waals surface area contributed by atoms with Crippen LogP contribution in [0.15, 0.2) is 18.2 Å². The number of aromatic carboxylic acids is 1. The monoisotopic (exact) mass is 324 g/mol. The Morgan fingerprint density at radius 3 is 2.27 bits per heavy atom. The van der Waals surface area contributed by atoms with E-state index < -0.39 is 5.97 Å². The quantitative estimate of drug-likeness (QED) is 0.904. The minimum absolute atomic E-state index is 0.0575. The summed E-state index contributed by atoms with van der Waals surface area (Å²) in [7, 11) is 2.86. The Labute approximate surface area is 131 Å². The van der Waals surface area contributed by atoms with Gasteiger partial charge in [-0.2, -0.15) is 9.97 Å². The number of rotatable bonds is 5. The van der Waals surface area contributed by atoms with Crippen LogP contribution in [0.5, 0.6) is 23.5 Å². The first-order valence-electron chi connectivity index (χ1n) is 6.13. The van der Waals surface area contributed by atoms with Crippen LogP contribution in [0.2, 0.25) is 5.02 Å². The van der Waals surface area contributed by atoms with E-state index in [1.807, 2.05) is 0 Å². The molecule has 0 radical (unpaired) electrons. The van der Waals surface area contributed by atoms with Crippen molar-refractivity contribution >= 4 is 17.6 Å². The molecule has 22 heavy (non-hydrogen) atoms. The average molecular weight is 325 g/mol. The van der Waals surface area contributed by atoms with Crippen LogP contribution in [-0.2, 0) is 0 Å². The highest BCUT2D eigenvalue weighted by molar-refractivity contribution is 6.31. The molecule has 1 aromatic heterocycles. The van der Waals surface area contributed by atoms with Crippen molar-refractivity contribution in [2.75, 3.05) is 14.2 Å². The highest BCUT2D eigenvalue weighted by atomic mass is 35.5. The second-order valence-corrected chi connectivity index (χ2v) is 4.60. The van der Waals surface area contributed by atoms with Crippen molar-refractivity contribution in [3.8, 4) is 23.5 Å². The maximum atomic E-state index is 11.4. The Hall–Kier alpha value is -2.54. The molecule has 1 heterocycles. The van der Waals surface area contributed by atoms with Crippen LogP contribution in [0.25, 0.3) is 0 Å². The fraction of sp³-hybridized carbons (Fsp3) is 0.214. The van der Waals surface area contributed by atoms with Gasteiger partial charge in [0.15, 0.2) is 0 Å². The van der Waals surface area contributed by atoms with Gasteiger partial charge in [-0.1, -0.05) is 11.6 Å². The summed E-state index contributed by atoms with van der Waals surface area (Å²) in [4.78, 5) is 19.4. The molecule has 2 rings (SSSR count). The van der Waals surface area contributed by atoms with Crippen molar-refractivity contribution in [3.05, 3.63) is 34.3 Å². The predicted octanol–water partition coefficient (Wildman–Crippen LogP) is 2.95. The maximum absolute atomic E-state index is 11.4. The Morgan fingerprint density at radius 1 is 1.18 bits per heavy atom. The first-order chi connectivity index (χ1) is 10.5. The van der Waals surface area contributed by atoms with Crippen LogP contribution in [0.1, 0.15) is 15.9 Å². The average Bonchev–Trinajstić information content (AvgIpc) is 2.50. The second kappa shape index (κ2) is 6.48. The molecule has 1 N–H and O–H groups in total. The van der Waals surface area contributed by atoms with Gasteiger partial charge >= 0.3 is 12.0 Å².